The minimum atomic E-state index is 0.134. The van der Waals surface area contributed by atoms with Crippen LogP contribution in [0.25, 0.3) is 0 Å². The van der Waals surface area contributed by atoms with Crippen LogP contribution in [-0.4, -0.2) is 6.29 Å². The first-order valence-corrected chi connectivity index (χ1v) is 3.31. The maximum absolute atomic E-state index is 10.2. The molecule has 0 heterocycles. The number of carbonyl (C=O) groups excluding carboxylic acids is 1. The molecule has 1 nitrogen and oxygen atoms in total. The molecule has 52 valence electrons. The maximum Gasteiger partial charge on any atom is 0.126 e. The zero-order valence-corrected chi connectivity index (χ0v) is 6.35. The van der Waals surface area contributed by atoms with Gasteiger partial charge in [0, 0.05) is 5.92 Å². The molecule has 0 saturated heterocycles. The van der Waals surface area contributed by atoms with Gasteiger partial charge in [-0.2, -0.15) is 0 Å². The molecule has 1 heteroatoms. The van der Waals surface area contributed by atoms with Crippen molar-refractivity contribution < 1.29 is 4.79 Å². The number of aldehydes is 1. The van der Waals surface area contributed by atoms with E-state index in [4.69, 9.17) is 0 Å². The molecule has 0 aromatic heterocycles. The molecule has 0 rings (SSSR count). The zero-order chi connectivity index (χ0) is 7.28. The van der Waals surface area contributed by atoms with E-state index >= 15 is 0 Å². The van der Waals surface area contributed by atoms with Gasteiger partial charge in [-0.3, -0.25) is 0 Å². The van der Waals surface area contributed by atoms with Crippen LogP contribution >= 0.6 is 0 Å². The van der Waals surface area contributed by atoms with Crippen LogP contribution in [0.5, 0.6) is 0 Å². The number of allylic oxidation sites excluding steroid dienone is 2. The number of carbonyl (C=O) groups is 1. The molecule has 0 aliphatic carbocycles. The van der Waals surface area contributed by atoms with Crippen LogP contribution in [0.1, 0.15) is 27.2 Å². The van der Waals surface area contributed by atoms with E-state index in [2.05, 4.69) is 0 Å². The van der Waals surface area contributed by atoms with Gasteiger partial charge in [-0.05, 0) is 20.3 Å². The molecule has 0 amide bonds. The van der Waals surface area contributed by atoms with Gasteiger partial charge in [0.05, 0.1) is 0 Å². The normalized spacial score (nSPS) is 12.3. The molecule has 0 aromatic rings. The van der Waals surface area contributed by atoms with Crippen LogP contribution < -0.4 is 0 Å². The lowest BCUT2D eigenvalue weighted by Gasteiger charge is -1.98. The van der Waals surface area contributed by atoms with Gasteiger partial charge >= 0.3 is 0 Å². The Balaban J connectivity index is 3.82. The molecule has 0 saturated carbocycles. The Morgan fingerprint density at radius 1 is 1.56 bits per heavy atom. The second-order valence-corrected chi connectivity index (χ2v) is 2.45. The van der Waals surface area contributed by atoms with Crippen molar-refractivity contribution in [1.82, 2.24) is 0 Å². The lowest BCUT2D eigenvalue weighted by molar-refractivity contribution is -0.110. The van der Waals surface area contributed by atoms with E-state index in [1.165, 1.54) is 5.57 Å². The van der Waals surface area contributed by atoms with E-state index in [0.717, 1.165) is 12.7 Å². The van der Waals surface area contributed by atoms with E-state index in [0.29, 0.717) is 0 Å². The SMILES string of the molecule is CCC(C=O)C=C(C)C. The quantitative estimate of drug-likeness (QED) is 0.418. The predicted molar refractivity (Wildman–Crippen MR) is 39.3 cm³/mol. The third-order valence-electron chi connectivity index (χ3n) is 1.19. The molecule has 0 spiro atoms. The van der Waals surface area contributed by atoms with Crippen LogP contribution in [0.4, 0.5) is 0 Å². The molecule has 0 aromatic carbocycles. The van der Waals surface area contributed by atoms with E-state index < -0.39 is 0 Å². The van der Waals surface area contributed by atoms with E-state index in [9.17, 15) is 4.79 Å². The molecule has 1 atom stereocenters. The molecule has 0 aliphatic heterocycles. The smallest absolute Gasteiger partial charge is 0.126 e. The minimum absolute atomic E-state index is 0.134. The summed E-state index contributed by atoms with van der Waals surface area (Å²) < 4.78 is 0. The molecular formula is C8H14O. The van der Waals surface area contributed by atoms with Crippen molar-refractivity contribution >= 4 is 6.29 Å². The minimum Gasteiger partial charge on any atom is -0.303 e. The standard InChI is InChI=1S/C8H14O/c1-4-8(6-9)5-7(2)3/h5-6,8H,4H2,1-3H3. The first-order valence-electron chi connectivity index (χ1n) is 3.31. The molecule has 0 fully saturated rings. The van der Waals surface area contributed by atoms with Crippen molar-refractivity contribution in [3.8, 4) is 0 Å². The summed E-state index contributed by atoms with van der Waals surface area (Å²) in [6.45, 7) is 6.02. The van der Waals surface area contributed by atoms with Crippen molar-refractivity contribution in [2.24, 2.45) is 5.92 Å². The average molecular weight is 126 g/mol. The maximum atomic E-state index is 10.2. The second-order valence-electron chi connectivity index (χ2n) is 2.45. The van der Waals surface area contributed by atoms with Gasteiger partial charge in [0.25, 0.3) is 0 Å². The lowest BCUT2D eigenvalue weighted by Crippen LogP contribution is -1.94. The molecule has 9 heavy (non-hydrogen) atoms. The van der Waals surface area contributed by atoms with Crippen LogP contribution in [0.3, 0.4) is 0 Å². The highest BCUT2D eigenvalue weighted by Gasteiger charge is 1.96. The zero-order valence-electron chi connectivity index (χ0n) is 6.35. The summed E-state index contributed by atoms with van der Waals surface area (Å²) in [5, 5.41) is 0. The summed E-state index contributed by atoms with van der Waals surface area (Å²) in [6.07, 6.45) is 3.90. The van der Waals surface area contributed by atoms with E-state index in [1.54, 1.807) is 0 Å². The van der Waals surface area contributed by atoms with Crippen molar-refractivity contribution in [2.45, 2.75) is 27.2 Å². The molecular weight excluding hydrogens is 112 g/mol. The summed E-state index contributed by atoms with van der Waals surface area (Å²) in [7, 11) is 0. The summed E-state index contributed by atoms with van der Waals surface area (Å²) in [6, 6.07) is 0. The molecule has 0 bridgehead atoms. The molecule has 0 radical (unpaired) electrons. The summed E-state index contributed by atoms with van der Waals surface area (Å²) >= 11 is 0. The van der Waals surface area contributed by atoms with Crippen LogP contribution in [0, 0.1) is 5.92 Å². The van der Waals surface area contributed by atoms with Crippen molar-refractivity contribution in [1.29, 1.82) is 0 Å². The fraction of sp³-hybridized carbons (Fsp3) is 0.625. The van der Waals surface area contributed by atoms with Gasteiger partial charge in [-0.25, -0.2) is 0 Å². The van der Waals surface area contributed by atoms with Crippen molar-refractivity contribution in [3.05, 3.63) is 11.6 Å². The lowest BCUT2D eigenvalue weighted by atomic mass is 10.1. The number of hydrogen-bond acceptors (Lipinski definition) is 1. The van der Waals surface area contributed by atoms with Crippen LogP contribution in [0.15, 0.2) is 11.6 Å². The van der Waals surface area contributed by atoms with Gasteiger partial charge < -0.3 is 4.79 Å². The fourth-order valence-corrected chi connectivity index (χ4v) is 0.682. The monoisotopic (exact) mass is 126 g/mol. The van der Waals surface area contributed by atoms with Gasteiger partial charge in [-0.15, -0.1) is 0 Å². The van der Waals surface area contributed by atoms with Crippen LogP contribution in [0.2, 0.25) is 0 Å². The van der Waals surface area contributed by atoms with Crippen molar-refractivity contribution in [2.75, 3.05) is 0 Å². The number of hydrogen-bond donors (Lipinski definition) is 0. The summed E-state index contributed by atoms with van der Waals surface area (Å²) in [5.74, 6) is 0.134. The van der Waals surface area contributed by atoms with Gasteiger partial charge in [0.2, 0.25) is 0 Å². The summed E-state index contributed by atoms with van der Waals surface area (Å²) in [5.41, 5.74) is 1.22. The Morgan fingerprint density at radius 3 is 2.22 bits per heavy atom. The average Bonchev–Trinajstić information content (AvgIpc) is 1.82. The Labute approximate surface area is 56.8 Å². The van der Waals surface area contributed by atoms with Gasteiger partial charge in [0.1, 0.15) is 6.29 Å². The molecule has 1 unspecified atom stereocenters. The topological polar surface area (TPSA) is 17.1 Å². The van der Waals surface area contributed by atoms with Crippen molar-refractivity contribution in [3.63, 3.8) is 0 Å². The Morgan fingerprint density at radius 2 is 2.11 bits per heavy atom. The first-order chi connectivity index (χ1) is 4.20. The van der Waals surface area contributed by atoms with Gasteiger partial charge in [-0.1, -0.05) is 18.6 Å². The Kier molecular flexibility index (Phi) is 4.02. The third-order valence-corrected chi connectivity index (χ3v) is 1.19. The summed E-state index contributed by atoms with van der Waals surface area (Å²) in [4.78, 5) is 10.2. The largest absolute Gasteiger partial charge is 0.303 e. The highest BCUT2D eigenvalue weighted by atomic mass is 16.1. The third kappa shape index (κ3) is 3.95. The van der Waals surface area contributed by atoms with E-state index in [1.807, 2.05) is 26.8 Å². The number of rotatable bonds is 3. The van der Waals surface area contributed by atoms with Gasteiger partial charge in [0.15, 0.2) is 0 Å². The Bertz CT molecular complexity index is 110. The van der Waals surface area contributed by atoms with Crippen LogP contribution in [-0.2, 0) is 4.79 Å². The highest BCUT2D eigenvalue weighted by Crippen LogP contribution is 2.03. The second kappa shape index (κ2) is 4.30. The Hall–Kier alpha value is -0.590. The fourth-order valence-electron chi connectivity index (χ4n) is 0.682. The first kappa shape index (κ1) is 8.41. The highest BCUT2D eigenvalue weighted by molar-refractivity contribution is 5.56. The molecule has 0 aliphatic rings. The predicted octanol–water partition coefficient (Wildman–Crippen LogP) is 2.18. The van der Waals surface area contributed by atoms with E-state index in [-0.39, 0.29) is 5.92 Å². The molecule has 0 N–H and O–H groups in total.